The Morgan fingerprint density at radius 1 is 1.19 bits per heavy atom. The fourth-order valence-corrected chi connectivity index (χ4v) is 2.13. The second-order valence-electron chi connectivity index (χ2n) is 6.61. The molecule has 0 aliphatic rings. The van der Waals surface area contributed by atoms with E-state index in [9.17, 15) is 4.39 Å². The minimum absolute atomic E-state index is 0.0249. The van der Waals surface area contributed by atoms with Crippen molar-refractivity contribution in [2.45, 2.75) is 65.0 Å². The molecule has 0 saturated carbocycles. The molecular weight excluding hydrogens is 265 g/mol. The largest absolute Gasteiger partial charge is 0.372 e. The number of benzene rings is 1. The van der Waals surface area contributed by atoms with E-state index >= 15 is 0 Å². The molecule has 1 N–H and O–H groups in total. The molecule has 2 nitrogen and oxygen atoms in total. The molecule has 0 aromatic heterocycles. The summed E-state index contributed by atoms with van der Waals surface area (Å²) in [4.78, 5) is 0. The molecule has 120 valence electrons. The Labute approximate surface area is 129 Å². The van der Waals surface area contributed by atoms with Crippen LogP contribution in [0.1, 0.15) is 65.0 Å². The number of rotatable bonds is 9. The van der Waals surface area contributed by atoms with Gasteiger partial charge in [0, 0.05) is 18.7 Å². The summed E-state index contributed by atoms with van der Waals surface area (Å²) >= 11 is 0. The first-order valence-electron chi connectivity index (χ1n) is 8.04. The van der Waals surface area contributed by atoms with Gasteiger partial charge in [-0.05, 0) is 44.9 Å². The molecule has 0 heterocycles. The Morgan fingerprint density at radius 3 is 2.57 bits per heavy atom. The molecule has 3 heteroatoms. The third-order valence-corrected chi connectivity index (χ3v) is 3.36. The first-order valence-corrected chi connectivity index (χ1v) is 8.04. The third kappa shape index (κ3) is 8.18. The number of hydrogen-bond acceptors (Lipinski definition) is 2. The van der Waals surface area contributed by atoms with Crippen LogP contribution >= 0.6 is 0 Å². The van der Waals surface area contributed by atoms with Gasteiger partial charge in [-0.1, -0.05) is 38.3 Å². The summed E-state index contributed by atoms with van der Waals surface area (Å²) in [5, 5.41) is 3.44. The van der Waals surface area contributed by atoms with E-state index < -0.39 is 0 Å². The normalized spacial score (nSPS) is 13.4. The van der Waals surface area contributed by atoms with E-state index in [-0.39, 0.29) is 17.5 Å². The van der Waals surface area contributed by atoms with Gasteiger partial charge in [-0.25, -0.2) is 4.39 Å². The van der Waals surface area contributed by atoms with Crippen LogP contribution in [0.5, 0.6) is 0 Å². The molecule has 0 aliphatic carbocycles. The first-order chi connectivity index (χ1) is 9.92. The third-order valence-electron chi connectivity index (χ3n) is 3.36. The van der Waals surface area contributed by atoms with Gasteiger partial charge in [0.05, 0.1) is 6.10 Å². The van der Waals surface area contributed by atoms with Crippen LogP contribution in [0.15, 0.2) is 24.3 Å². The lowest BCUT2D eigenvalue weighted by molar-refractivity contribution is 0.0455. The second-order valence-corrected chi connectivity index (χ2v) is 6.61. The van der Waals surface area contributed by atoms with Crippen molar-refractivity contribution in [3.63, 3.8) is 0 Å². The Bertz CT molecular complexity index is 400. The van der Waals surface area contributed by atoms with Gasteiger partial charge < -0.3 is 10.1 Å². The molecule has 1 atom stereocenters. The van der Waals surface area contributed by atoms with Crippen molar-refractivity contribution < 1.29 is 9.13 Å². The van der Waals surface area contributed by atoms with E-state index in [1.54, 1.807) is 12.1 Å². The summed E-state index contributed by atoms with van der Waals surface area (Å²) in [6, 6.07) is 6.72. The summed E-state index contributed by atoms with van der Waals surface area (Å²) in [6.07, 6.45) is 4.63. The average molecular weight is 295 g/mol. The van der Waals surface area contributed by atoms with Crippen molar-refractivity contribution in [1.29, 1.82) is 0 Å². The van der Waals surface area contributed by atoms with E-state index in [0.717, 1.165) is 18.6 Å². The van der Waals surface area contributed by atoms with Crippen molar-refractivity contribution in [2.75, 3.05) is 13.2 Å². The van der Waals surface area contributed by atoms with Crippen molar-refractivity contribution in [2.24, 2.45) is 0 Å². The van der Waals surface area contributed by atoms with Crippen molar-refractivity contribution in [3.8, 4) is 0 Å². The van der Waals surface area contributed by atoms with Crippen LogP contribution in [0.4, 0.5) is 4.39 Å². The highest BCUT2D eigenvalue weighted by molar-refractivity contribution is 5.19. The predicted octanol–water partition coefficient (Wildman–Crippen LogP) is 4.85. The SMILES string of the molecule is CCCCCCOC(CNC(C)(C)C)c1cccc(F)c1. The smallest absolute Gasteiger partial charge is 0.123 e. The monoisotopic (exact) mass is 295 g/mol. The van der Waals surface area contributed by atoms with Gasteiger partial charge in [0.1, 0.15) is 5.82 Å². The van der Waals surface area contributed by atoms with E-state index in [1.165, 1.54) is 25.3 Å². The van der Waals surface area contributed by atoms with Gasteiger partial charge in [-0.15, -0.1) is 0 Å². The maximum atomic E-state index is 13.4. The van der Waals surface area contributed by atoms with Gasteiger partial charge >= 0.3 is 0 Å². The van der Waals surface area contributed by atoms with Crippen molar-refractivity contribution in [1.82, 2.24) is 5.32 Å². The topological polar surface area (TPSA) is 21.3 Å². The molecule has 1 unspecified atom stereocenters. The standard InChI is InChI=1S/C18H30FNO/c1-5-6-7-8-12-21-17(14-20-18(2,3)4)15-10-9-11-16(19)13-15/h9-11,13,17,20H,5-8,12,14H2,1-4H3. The molecule has 1 aromatic rings. The highest BCUT2D eigenvalue weighted by Crippen LogP contribution is 2.19. The molecule has 0 fully saturated rings. The van der Waals surface area contributed by atoms with E-state index in [0.29, 0.717) is 6.54 Å². The molecule has 21 heavy (non-hydrogen) atoms. The van der Waals surface area contributed by atoms with Crippen LogP contribution in [0.3, 0.4) is 0 Å². The van der Waals surface area contributed by atoms with Gasteiger partial charge in [0.15, 0.2) is 0 Å². The van der Waals surface area contributed by atoms with Gasteiger partial charge in [0.2, 0.25) is 0 Å². The fourth-order valence-electron chi connectivity index (χ4n) is 2.13. The summed E-state index contributed by atoms with van der Waals surface area (Å²) in [7, 11) is 0. The summed E-state index contributed by atoms with van der Waals surface area (Å²) in [6.45, 7) is 9.99. The quantitative estimate of drug-likeness (QED) is 0.657. The van der Waals surface area contributed by atoms with Gasteiger partial charge in [-0.3, -0.25) is 0 Å². The Kier molecular flexibility index (Phi) is 7.91. The molecular formula is C18H30FNO. The second kappa shape index (κ2) is 9.16. The zero-order chi connectivity index (χ0) is 15.7. The van der Waals surface area contributed by atoms with E-state index in [1.807, 2.05) is 6.07 Å². The molecule has 0 spiro atoms. The number of unbranched alkanes of at least 4 members (excludes halogenated alkanes) is 3. The molecule has 0 saturated heterocycles. The van der Waals surface area contributed by atoms with E-state index in [2.05, 4.69) is 33.0 Å². The average Bonchev–Trinajstić information content (AvgIpc) is 2.40. The van der Waals surface area contributed by atoms with Crippen LogP contribution in [0.25, 0.3) is 0 Å². The molecule has 0 bridgehead atoms. The molecule has 0 aliphatic heterocycles. The van der Waals surface area contributed by atoms with Gasteiger partial charge in [0.25, 0.3) is 0 Å². The lowest BCUT2D eigenvalue weighted by atomic mass is 10.1. The Hall–Kier alpha value is -0.930. The van der Waals surface area contributed by atoms with E-state index in [4.69, 9.17) is 4.74 Å². The highest BCUT2D eigenvalue weighted by Gasteiger charge is 2.16. The zero-order valence-electron chi connectivity index (χ0n) is 13.9. The van der Waals surface area contributed by atoms with Crippen molar-refractivity contribution >= 4 is 0 Å². The minimum Gasteiger partial charge on any atom is -0.372 e. The molecule has 0 radical (unpaired) electrons. The zero-order valence-corrected chi connectivity index (χ0v) is 13.9. The number of hydrogen-bond donors (Lipinski definition) is 1. The molecule has 0 amide bonds. The Balaban J connectivity index is 2.57. The summed E-state index contributed by atoms with van der Waals surface area (Å²) < 4.78 is 19.4. The van der Waals surface area contributed by atoms with Gasteiger partial charge in [-0.2, -0.15) is 0 Å². The number of ether oxygens (including phenoxy) is 1. The molecule has 1 aromatic carbocycles. The minimum atomic E-state index is -0.206. The van der Waals surface area contributed by atoms with Crippen LogP contribution in [-0.2, 0) is 4.74 Å². The summed E-state index contributed by atoms with van der Waals surface area (Å²) in [5.74, 6) is -0.206. The lowest BCUT2D eigenvalue weighted by Crippen LogP contribution is -2.39. The fraction of sp³-hybridized carbons (Fsp3) is 0.667. The number of halogens is 1. The van der Waals surface area contributed by atoms with Crippen LogP contribution in [0.2, 0.25) is 0 Å². The highest BCUT2D eigenvalue weighted by atomic mass is 19.1. The molecule has 1 rings (SSSR count). The van der Waals surface area contributed by atoms with Crippen molar-refractivity contribution in [3.05, 3.63) is 35.6 Å². The first kappa shape index (κ1) is 18.1. The van der Waals surface area contributed by atoms with Crippen LogP contribution in [-0.4, -0.2) is 18.7 Å². The number of nitrogens with one attached hydrogen (secondary N) is 1. The maximum absolute atomic E-state index is 13.4. The predicted molar refractivity (Wildman–Crippen MR) is 87.0 cm³/mol. The van der Waals surface area contributed by atoms with Crippen LogP contribution < -0.4 is 5.32 Å². The summed E-state index contributed by atoms with van der Waals surface area (Å²) in [5.41, 5.74) is 0.930. The Morgan fingerprint density at radius 2 is 1.95 bits per heavy atom. The maximum Gasteiger partial charge on any atom is 0.123 e. The van der Waals surface area contributed by atoms with Crippen LogP contribution in [0, 0.1) is 5.82 Å². The lowest BCUT2D eigenvalue weighted by Gasteiger charge is -2.26.